The van der Waals surface area contributed by atoms with Gasteiger partial charge in [-0.3, -0.25) is 0 Å². The average Bonchev–Trinajstić information content (AvgIpc) is 3.00. The Morgan fingerprint density at radius 1 is 0.556 bits per heavy atom. The molecule has 2 aliphatic rings. The summed E-state index contributed by atoms with van der Waals surface area (Å²) in [5.74, 6) is -4.45. The molecule has 2 aliphatic carbocycles. The highest BCUT2D eigenvalue weighted by Gasteiger charge is 2.80. The van der Waals surface area contributed by atoms with E-state index in [0.29, 0.717) is 12.2 Å². The highest BCUT2D eigenvalue weighted by atomic mass is 19.4. The fraction of sp³-hybridized carbons (Fsp3) is 0.692. The van der Waals surface area contributed by atoms with E-state index in [2.05, 4.69) is 0 Å². The van der Waals surface area contributed by atoms with Crippen molar-refractivity contribution in [3.8, 4) is 0 Å². The van der Waals surface area contributed by atoms with Crippen LogP contribution in [0.1, 0.15) is 6.42 Å². The monoisotopic (exact) mass is 424 g/mol. The molecule has 27 heavy (non-hydrogen) atoms. The van der Waals surface area contributed by atoms with E-state index in [1.165, 1.54) is 0 Å². The molecule has 0 aliphatic heterocycles. The highest BCUT2D eigenvalue weighted by molar-refractivity contribution is 5.50. The molecular formula is C13H8F12O2. The third-order valence-corrected chi connectivity index (χ3v) is 4.54. The highest BCUT2D eigenvalue weighted by Crippen LogP contribution is 2.63. The SMILES string of the molecule is OC(C1=C(C(O)(C(F)(F)F)C(F)(F)F)C2C=CC1C2)(C(F)(F)F)C(F)(F)F. The van der Waals surface area contributed by atoms with Crippen molar-refractivity contribution in [1.82, 2.24) is 0 Å². The summed E-state index contributed by atoms with van der Waals surface area (Å²) < 4.78 is 157. The molecule has 2 atom stereocenters. The number of aliphatic hydroxyl groups is 2. The zero-order valence-electron chi connectivity index (χ0n) is 12.4. The molecule has 0 aromatic rings. The van der Waals surface area contributed by atoms with Crippen LogP contribution in [0.25, 0.3) is 0 Å². The van der Waals surface area contributed by atoms with Crippen molar-refractivity contribution in [2.75, 3.05) is 0 Å². The van der Waals surface area contributed by atoms with Gasteiger partial charge in [0, 0.05) is 11.8 Å². The van der Waals surface area contributed by atoms with Gasteiger partial charge in [0.25, 0.3) is 11.2 Å². The molecule has 2 rings (SSSR count). The van der Waals surface area contributed by atoms with Crippen molar-refractivity contribution >= 4 is 0 Å². The Balaban J connectivity index is 2.95. The largest absolute Gasteiger partial charge is 0.430 e. The van der Waals surface area contributed by atoms with Gasteiger partial charge in [-0.25, -0.2) is 0 Å². The first kappa shape index (κ1) is 21.9. The normalized spacial score (nSPS) is 25.0. The smallest absolute Gasteiger partial charge is 0.370 e. The molecule has 2 N–H and O–H groups in total. The molecule has 0 heterocycles. The first-order valence-corrected chi connectivity index (χ1v) is 6.86. The third kappa shape index (κ3) is 2.74. The van der Waals surface area contributed by atoms with Crippen LogP contribution in [-0.2, 0) is 0 Å². The van der Waals surface area contributed by atoms with E-state index < -0.39 is 65.3 Å². The molecule has 0 saturated heterocycles. The minimum Gasteiger partial charge on any atom is -0.370 e. The maximum absolute atomic E-state index is 13.1. The van der Waals surface area contributed by atoms with Gasteiger partial charge in [-0.15, -0.1) is 0 Å². The van der Waals surface area contributed by atoms with Crippen molar-refractivity contribution in [2.24, 2.45) is 11.8 Å². The lowest BCUT2D eigenvalue weighted by atomic mass is 9.75. The molecule has 14 heteroatoms. The number of rotatable bonds is 2. The summed E-state index contributed by atoms with van der Waals surface area (Å²) >= 11 is 0. The first-order valence-electron chi connectivity index (χ1n) is 6.86. The maximum atomic E-state index is 13.1. The van der Waals surface area contributed by atoms with Gasteiger partial charge in [0.15, 0.2) is 0 Å². The Morgan fingerprint density at radius 2 is 0.778 bits per heavy atom. The van der Waals surface area contributed by atoms with Crippen molar-refractivity contribution in [2.45, 2.75) is 42.3 Å². The predicted molar refractivity (Wildman–Crippen MR) is 61.9 cm³/mol. The van der Waals surface area contributed by atoms with Crippen LogP contribution in [0, 0.1) is 11.8 Å². The first-order chi connectivity index (χ1) is 11.7. The molecule has 0 fully saturated rings. The fourth-order valence-electron chi connectivity index (χ4n) is 3.39. The van der Waals surface area contributed by atoms with Gasteiger partial charge in [-0.05, 0) is 17.6 Å². The number of halogens is 12. The standard InChI is InChI=1S/C13H8F12O2/c14-10(15,16)8(26,11(17,18)19)6-4-1-2-5(3-4)7(6)9(27,12(20,21)22)13(23,24)25/h1-2,4-5,26-27H,3H2. The van der Waals surface area contributed by atoms with Gasteiger partial charge in [0.1, 0.15) is 0 Å². The Bertz CT molecular complexity index is 591. The van der Waals surface area contributed by atoms with Crippen LogP contribution in [-0.4, -0.2) is 46.1 Å². The zero-order chi connectivity index (χ0) is 21.4. The van der Waals surface area contributed by atoms with E-state index in [-0.39, 0.29) is 0 Å². The second kappa shape index (κ2) is 5.55. The van der Waals surface area contributed by atoms with E-state index in [1.807, 2.05) is 0 Å². The summed E-state index contributed by atoms with van der Waals surface area (Å²) in [5.41, 5.74) is -17.2. The summed E-state index contributed by atoms with van der Waals surface area (Å²) in [4.78, 5) is 0. The van der Waals surface area contributed by atoms with Gasteiger partial charge in [0.2, 0.25) is 0 Å². The van der Waals surface area contributed by atoms with Gasteiger partial charge in [-0.1, -0.05) is 12.2 Å². The Hall–Kier alpha value is -1.44. The van der Waals surface area contributed by atoms with Gasteiger partial charge >= 0.3 is 24.7 Å². The van der Waals surface area contributed by atoms with Crippen molar-refractivity contribution in [3.63, 3.8) is 0 Å². The van der Waals surface area contributed by atoms with Crippen molar-refractivity contribution in [3.05, 3.63) is 23.3 Å². The minimum absolute atomic E-state index is 0.527. The quantitative estimate of drug-likeness (QED) is 0.516. The van der Waals surface area contributed by atoms with Crippen molar-refractivity contribution in [1.29, 1.82) is 0 Å². The van der Waals surface area contributed by atoms with Gasteiger partial charge in [0.05, 0.1) is 0 Å². The molecular weight excluding hydrogens is 416 g/mol. The maximum Gasteiger partial charge on any atom is 0.430 e. The Labute approximate surface area is 141 Å². The van der Waals surface area contributed by atoms with Crippen LogP contribution in [0.3, 0.4) is 0 Å². The van der Waals surface area contributed by atoms with Crippen molar-refractivity contribution < 1.29 is 62.9 Å². The lowest BCUT2D eigenvalue weighted by Gasteiger charge is -2.41. The van der Waals surface area contributed by atoms with E-state index in [1.54, 1.807) is 0 Å². The van der Waals surface area contributed by atoms with E-state index in [0.717, 1.165) is 0 Å². The molecule has 0 aromatic carbocycles. The molecule has 0 radical (unpaired) electrons. The topological polar surface area (TPSA) is 40.5 Å². The Morgan fingerprint density at radius 3 is 0.963 bits per heavy atom. The second-order valence-corrected chi connectivity index (χ2v) is 6.07. The molecule has 2 unspecified atom stereocenters. The van der Waals surface area contributed by atoms with Crippen LogP contribution in [0.15, 0.2) is 23.3 Å². The second-order valence-electron chi connectivity index (χ2n) is 6.07. The number of allylic oxidation sites excluding steroid dienone is 2. The van der Waals surface area contributed by atoms with E-state index in [9.17, 15) is 62.9 Å². The van der Waals surface area contributed by atoms with Crippen LogP contribution in [0.5, 0.6) is 0 Å². The summed E-state index contributed by atoms with van der Waals surface area (Å²) in [6.07, 6.45) is -26.8. The van der Waals surface area contributed by atoms with Crippen LogP contribution >= 0.6 is 0 Å². The molecule has 2 bridgehead atoms. The average molecular weight is 424 g/mol. The van der Waals surface area contributed by atoms with Gasteiger partial charge < -0.3 is 10.2 Å². The third-order valence-electron chi connectivity index (χ3n) is 4.54. The molecule has 0 spiro atoms. The Kier molecular flexibility index (Phi) is 4.49. The summed E-state index contributed by atoms with van der Waals surface area (Å²) in [6.45, 7) is 0. The van der Waals surface area contributed by atoms with Crippen LogP contribution in [0.2, 0.25) is 0 Å². The number of fused-ring (bicyclic) bond motifs is 2. The van der Waals surface area contributed by atoms with Gasteiger partial charge in [-0.2, -0.15) is 52.7 Å². The molecule has 0 amide bonds. The molecule has 2 nitrogen and oxygen atoms in total. The minimum atomic E-state index is -6.71. The summed E-state index contributed by atoms with van der Waals surface area (Å²) in [5, 5.41) is 18.8. The fourth-order valence-corrected chi connectivity index (χ4v) is 3.39. The summed E-state index contributed by atoms with van der Waals surface area (Å²) in [6, 6.07) is 0. The summed E-state index contributed by atoms with van der Waals surface area (Å²) in [7, 11) is 0. The lowest BCUT2D eigenvalue weighted by Crippen LogP contribution is -2.63. The van der Waals surface area contributed by atoms with Crippen LogP contribution < -0.4 is 0 Å². The molecule has 0 saturated carbocycles. The number of alkyl halides is 12. The van der Waals surface area contributed by atoms with E-state index >= 15 is 0 Å². The lowest BCUT2D eigenvalue weighted by molar-refractivity contribution is -0.363. The molecule has 156 valence electrons. The predicted octanol–water partition coefficient (Wildman–Crippen LogP) is 4.20. The molecule has 0 aromatic heterocycles. The van der Waals surface area contributed by atoms with Crippen LogP contribution in [0.4, 0.5) is 52.7 Å². The number of hydrogen-bond acceptors (Lipinski definition) is 2. The number of hydrogen-bond donors (Lipinski definition) is 2. The zero-order valence-corrected chi connectivity index (χ0v) is 12.4. The van der Waals surface area contributed by atoms with E-state index in [4.69, 9.17) is 0 Å².